The lowest BCUT2D eigenvalue weighted by Crippen LogP contribution is -2.32. The molecule has 3 heterocycles. The van der Waals surface area contributed by atoms with E-state index in [1.807, 2.05) is 37.3 Å². The lowest BCUT2D eigenvalue weighted by molar-refractivity contribution is 0.0331. The number of hydrogen-bond acceptors (Lipinski definition) is 6. The second-order valence-electron chi connectivity index (χ2n) is 9.55. The number of amides is 1. The van der Waals surface area contributed by atoms with Crippen LogP contribution in [0.15, 0.2) is 55.1 Å². The van der Waals surface area contributed by atoms with E-state index in [0.29, 0.717) is 23.4 Å². The van der Waals surface area contributed by atoms with Crippen LogP contribution >= 0.6 is 0 Å². The van der Waals surface area contributed by atoms with Crippen LogP contribution in [-0.2, 0) is 4.74 Å². The van der Waals surface area contributed by atoms with Crippen LogP contribution in [0.25, 0.3) is 22.0 Å². The van der Waals surface area contributed by atoms with Gasteiger partial charge < -0.3 is 15.8 Å². The standard InChI is InChI=1S/C25H30N6O2Si/c1-16-20(14-28-15-21(16)26)18-5-6-22-19(13-18)23(31-30-22)24(32)29-25(17-7-9-27-10-8-17)33-11-12-34(2,3)4/h5-10,13-15,25H,11-12,26H2,1-4H3,(H,29,32)(H,30,31). The number of nitrogen functional groups attached to an aromatic ring is 1. The minimum atomic E-state index is -1.28. The molecule has 0 saturated carbocycles. The lowest BCUT2D eigenvalue weighted by Gasteiger charge is -2.22. The summed E-state index contributed by atoms with van der Waals surface area (Å²) in [4.78, 5) is 21.6. The summed E-state index contributed by atoms with van der Waals surface area (Å²) in [5.41, 5.74) is 11.3. The normalized spacial score (nSPS) is 12.6. The molecule has 1 amide bonds. The highest BCUT2D eigenvalue weighted by molar-refractivity contribution is 6.76. The van der Waals surface area contributed by atoms with Crippen LogP contribution in [0.3, 0.4) is 0 Å². The van der Waals surface area contributed by atoms with Crippen molar-refractivity contribution in [2.75, 3.05) is 12.3 Å². The van der Waals surface area contributed by atoms with Crippen LogP contribution in [0.2, 0.25) is 25.7 Å². The number of carbonyl (C=O) groups excluding carboxylic acids is 1. The predicted octanol–water partition coefficient (Wildman–Crippen LogP) is 4.69. The van der Waals surface area contributed by atoms with E-state index >= 15 is 0 Å². The van der Waals surface area contributed by atoms with Gasteiger partial charge in [0, 0.05) is 49.8 Å². The van der Waals surface area contributed by atoms with Gasteiger partial charge in [0.25, 0.3) is 5.91 Å². The zero-order valence-electron chi connectivity index (χ0n) is 19.9. The first-order valence-electron chi connectivity index (χ1n) is 11.2. The molecule has 34 heavy (non-hydrogen) atoms. The number of nitrogens with one attached hydrogen (secondary N) is 2. The van der Waals surface area contributed by atoms with Gasteiger partial charge in [-0.3, -0.25) is 19.9 Å². The molecule has 4 rings (SSSR count). The van der Waals surface area contributed by atoms with Crippen molar-refractivity contribution in [3.05, 3.63) is 71.9 Å². The highest BCUT2D eigenvalue weighted by Gasteiger charge is 2.22. The monoisotopic (exact) mass is 474 g/mol. The fourth-order valence-electron chi connectivity index (χ4n) is 3.62. The van der Waals surface area contributed by atoms with Gasteiger partial charge in [-0.2, -0.15) is 5.10 Å². The van der Waals surface area contributed by atoms with Crippen molar-refractivity contribution < 1.29 is 9.53 Å². The number of anilines is 1. The minimum Gasteiger partial charge on any atom is -0.397 e. The van der Waals surface area contributed by atoms with Crippen LogP contribution in [0, 0.1) is 6.92 Å². The van der Waals surface area contributed by atoms with E-state index in [2.05, 4.69) is 45.1 Å². The summed E-state index contributed by atoms with van der Waals surface area (Å²) < 4.78 is 6.12. The van der Waals surface area contributed by atoms with E-state index in [-0.39, 0.29) is 5.91 Å². The maximum atomic E-state index is 13.3. The minimum absolute atomic E-state index is 0.305. The second-order valence-corrected chi connectivity index (χ2v) is 15.2. The van der Waals surface area contributed by atoms with E-state index in [1.165, 1.54) is 0 Å². The van der Waals surface area contributed by atoms with Crippen molar-refractivity contribution in [2.24, 2.45) is 0 Å². The number of carbonyl (C=O) groups is 1. The van der Waals surface area contributed by atoms with Gasteiger partial charge in [-0.05, 0) is 48.4 Å². The first kappa shape index (κ1) is 23.6. The number of nitrogens with zero attached hydrogens (tertiary/aromatic N) is 3. The summed E-state index contributed by atoms with van der Waals surface area (Å²) in [5.74, 6) is -0.319. The van der Waals surface area contributed by atoms with E-state index < -0.39 is 14.3 Å². The highest BCUT2D eigenvalue weighted by atomic mass is 28.3. The maximum Gasteiger partial charge on any atom is 0.274 e. The highest BCUT2D eigenvalue weighted by Crippen LogP contribution is 2.29. The van der Waals surface area contributed by atoms with Crippen molar-refractivity contribution in [1.82, 2.24) is 25.5 Å². The number of hydrogen-bond donors (Lipinski definition) is 3. The van der Waals surface area contributed by atoms with Gasteiger partial charge in [0.15, 0.2) is 11.9 Å². The summed E-state index contributed by atoms with van der Waals surface area (Å²) in [6, 6.07) is 10.5. The molecule has 0 spiro atoms. The Balaban J connectivity index is 1.62. The van der Waals surface area contributed by atoms with Crippen LogP contribution in [-0.4, -0.2) is 40.8 Å². The van der Waals surface area contributed by atoms with Gasteiger partial charge in [-0.15, -0.1) is 0 Å². The average molecular weight is 475 g/mol. The van der Waals surface area contributed by atoms with Crippen LogP contribution in [0.1, 0.15) is 27.8 Å². The summed E-state index contributed by atoms with van der Waals surface area (Å²) in [6.45, 7) is 9.40. The van der Waals surface area contributed by atoms with Crippen molar-refractivity contribution in [3.63, 3.8) is 0 Å². The molecule has 1 aromatic carbocycles. The smallest absolute Gasteiger partial charge is 0.274 e. The van der Waals surface area contributed by atoms with Gasteiger partial charge in [0.05, 0.1) is 17.4 Å². The summed E-state index contributed by atoms with van der Waals surface area (Å²) in [6.07, 6.45) is 6.19. The van der Waals surface area contributed by atoms with E-state index in [9.17, 15) is 4.79 Å². The number of rotatable bonds is 8. The maximum absolute atomic E-state index is 13.3. The molecule has 4 aromatic rings. The molecule has 0 saturated heterocycles. The quantitative estimate of drug-likeness (QED) is 0.252. The Morgan fingerprint density at radius 3 is 2.65 bits per heavy atom. The topological polar surface area (TPSA) is 119 Å². The molecular weight excluding hydrogens is 444 g/mol. The van der Waals surface area contributed by atoms with Gasteiger partial charge in [-0.1, -0.05) is 25.7 Å². The Hall–Kier alpha value is -3.56. The van der Waals surface area contributed by atoms with Crippen molar-refractivity contribution in [1.29, 1.82) is 0 Å². The molecule has 0 aliphatic carbocycles. The van der Waals surface area contributed by atoms with E-state index in [1.54, 1.807) is 24.8 Å². The summed E-state index contributed by atoms with van der Waals surface area (Å²) >= 11 is 0. The molecule has 0 aliphatic rings. The van der Waals surface area contributed by atoms with E-state index in [0.717, 1.165) is 33.8 Å². The summed E-state index contributed by atoms with van der Waals surface area (Å²) in [5, 5.41) is 11.0. The molecule has 1 unspecified atom stereocenters. The molecule has 176 valence electrons. The number of aromatic nitrogens is 4. The Morgan fingerprint density at radius 1 is 1.15 bits per heavy atom. The molecule has 0 bridgehead atoms. The van der Waals surface area contributed by atoms with Crippen molar-refractivity contribution in [3.8, 4) is 11.1 Å². The number of fused-ring (bicyclic) bond motifs is 1. The molecule has 1 atom stereocenters. The number of H-pyrrole nitrogens is 1. The molecule has 0 fully saturated rings. The van der Waals surface area contributed by atoms with E-state index in [4.69, 9.17) is 10.5 Å². The largest absolute Gasteiger partial charge is 0.397 e. The third-order valence-electron chi connectivity index (χ3n) is 5.75. The van der Waals surface area contributed by atoms with Gasteiger partial charge in [0.2, 0.25) is 0 Å². The Bertz CT molecular complexity index is 1300. The lowest BCUT2D eigenvalue weighted by atomic mass is 10.00. The second kappa shape index (κ2) is 9.74. The predicted molar refractivity (Wildman–Crippen MR) is 137 cm³/mol. The zero-order valence-corrected chi connectivity index (χ0v) is 20.9. The molecular formula is C25H30N6O2Si. The van der Waals surface area contributed by atoms with Crippen molar-refractivity contribution >= 4 is 30.6 Å². The number of ether oxygens (including phenoxy) is 1. The third-order valence-corrected chi connectivity index (χ3v) is 7.45. The average Bonchev–Trinajstić information content (AvgIpc) is 3.23. The molecule has 0 aliphatic heterocycles. The number of aromatic amines is 1. The zero-order chi connectivity index (χ0) is 24.3. The Morgan fingerprint density at radius 2 is 1.91 bits per heavy atom. The van der Waals surface area contributed by atoms with Crippen molar-refractivity contribution in [2.45, 2.75) is 38.8 Å². The number of benzene rings is 1. The molecule has 3 aromatic heterocycles. The van der Waals surface area contributed by atoms with Gasteiger partial charge in [0.1, 0.15) is 0 Å². The van der Waals surface area contributed by atoms with Crippen LogP contribution in [0.4, 0.5) is 5.69 Å². The van der Waals surface area contributed by atoms with Gasteiger partial charge in [-0.25, -0.2) is 0 Å². The SMILES string of the molecule is Cc1c(N)cncc1-c1ccc2[nH]nc(C(=O)NC(OCC[Si](C)(C)C)c3ccncc3)c2c1. The third kappa shape index (κ3) is 5.32. The number of nitrogens with two attached hydrogens (primary N) is 1. The molecule has 4 N–H and O–H groups in total. The first-order chi connectivity index (χ1) is 16.2. The molecule has 9 heteroatoms. The fraction of sp³-hybridized carbons (Fsp3) is 0.280. The molecule has 8 nitrogen and oxygen atoms in total. The van der Waals surface area contributed by atoms with Crippen LogP contribution < -0.4 is 11.1 Å². The first-order valence-corrected chi connectivity index (χ1v) is 14.9. The fourth-order valence-corrected chi connectivity index (χ4v) is 4.35. The summed E-state index contributed by atoms with van der Waals surface area (Å²) in [7, 11) is -1.28. The van der Waals surface area contributed by atoms with Gasteiger partial charge >= 0.3 is 0 Å². The Labute approximate surface area is 200 Å². The van der Waals surface area contributed by atoms with Crippen LogP contribution in [0.5, 0.6) is 0 Å². The number of pyridine rings is 2. The Kier molecular flexibility index (Phi) is 6.76. The molecule has 0 radical (unpaired) electrons.